The molecule has 1 aromatic heterocycles. The third-order valence-corrected chi connectivity index (χ3v) is 3.92. The molecule has 0 saturated carbocycles. The third kappa shape index (κ3) is 3.04. The first-order chi connectivity index (χ1) is 9.13. The number of carboxylic acids is 1. The van der Waals surface area contributed by atoms with Crippen LogP contribution in [-0.2, 0) is 0 Å². The van der Waals surface area contributed by atoms with Crippen molar-refractivity contribution in [3.63, 3.8) is 0 Å². The second-order valence-electron chi connectivity index (χ2n) is 4.95. The number of carbonyl (C=O) groups is 1. The molecule has 5 heteroatoms. The van der Waals surface area contributed by atoms with Gasteiger partial charge in [-0.05, 0) is 31.5 Å². The first kappa shape index (κ1) is 13.8. The van der Waals surface area contributed by atoms with Gasteiger partial charge < -0.3 is 14.9 Å². The van der Waals surface area contributed by atoms with Crippen molar-refractivity contribution in [1.29, 1.82) is 0 Å². The van der Waals surface area contributed by atoms with E-state index < -0.39 is 5.97 Å². The van der Waals surface area contributed by atoms with E-state index >= 15 is 0 Å². The first-order valence-electron chi connectivity index (χ1n) is 6.77. The summed E-state index contributed by atoms with van der Waals surface area (Å²) < 4.78 is 0. The number of aromatic carboxylic acids is 1. The molecule has 2 rings (SSSR count). The second kappa shape index (κ2) is 6.02. The zero-order chi connectivity index (χ0) is 13.8. The molecule has 1 saturated heterocycles. The summed E-state index contributed by atoms with van der Waals surface area (Å²) in [5.74, 6) is -0.964. The molecule has 5 nitrogen and oxygen atoms in total. The van der Waals surface area contributed by atoms with Gasteiger partial charge in [0.2, 0.25) is 0 Å². The van der Waals surface area contributed by atoms with Gasteiger partial charge in [-0.2, -0.15) is 0 Å². The predicted molar refractivity (Wildman–Crippen MR) is 74.7 cm³/mol. The molecule has 0 amide bonds. The van der Waals surface area contributed by atoms with Gasteiger partial charge in [0, 0.05) is 32.4 Å². The summed E-state index contributed by atoms with van der Waals surface area (Å²) in [6, 6.07) is 4.02. The van der Waals surface area contributed by atoms with Gasteiger partial charge in [-0.1, -0.05) is 6.92 Å². The van der Waals surface area contributed by atoms with Crippen molar-refractivity contribution in [3.05, 3.63) is 24.0 Å². The lowest BCUT2D eigenvalue weighted by molar-refractivity contribution is 0.0691. The van der Waals surface area contributed by atoms with Gasteiger partial charge in [0.05, 0.1) is 5.69 Å². The van der Waals surface area contributed by atoms with E-state index in [0.717, 1.165) is 32.5 Å². The Morgan fingerprint density at radius 3 is 2.79 bits per heavy atom. The Hall–Kier alpha value is -1.62. The van der Waals surface area contributed by atoms with Crippen LogP contribution in [0.25, 0.3) is 0 Å². The molecule has 0 aromatic carbocycles. The maximum absolute atomic E-state index is 11.2. The topological polar surface area (TPSA) is 56.7 Å². The van der Waals surface area contributed by atoms with E-state index in [4.69, 9.17) is 0 Å². The van der Waals surface area contributed by atoms with Crippen molar-refractivity contribution in [2.24, 2.45) is 0 Å². The summed E-state index contributed by atoms with van der Waals surface area (Å²) in [5.41, 5.74) is 0.855. The Bertz CT molecular complexity index is 442. The number of rotatable bonds is 4. The molecule has 0 radical (unpaired) electrons. The van der Waals surface area contributed by atoms with E-state index in [0.29, 0.717) is 11.7 Å². The molecule has 0 atom stereocenters. The van der Waals surface area contributed by atoms with Crippen LogP contribution in [0.3, 0.4) is 0 Å². The fourth-order valence-corrected chi connectivity index (χ4v) is 2.67. The quantitative estimate of drug-likeness (QED) is 0.896. The molecule has 0 spiro atoms. The molecule has 19 heavy (non-hydrogen) atoms. The highest BCUT2D eigenvalue weighted by Gasteiger charge is 2.24. The highest BCUT2D eigenvalue weighted by molar-refractivity contribution is 5.92. The largest absolute Gasteiger partial charge is 0.476 e. The lowest BCUT2D eigenvalue weighted by Crippen LogP contribution is -2.43. The van der Waals surface area contributed by atoms with Crippen molar-refractivity contribution in [2.45, 2.75) is 25.8 Å². The van der Waals surface area contributed by atoms with Gasteiger partial charge in [-0.25, -0.2) is 9.78 Å². The Labute approximate surface area is 113 Å². The van der Waals surface area contributed by atoms with Crippen LogP contribution >= 0.6 is 0 Å². The number of likely N-dealkylation sites (tertiary alicyclic amines) is 1. The third-order valence-electron chi connectivity index (χ3n) is 3.92. The molecule has 104 valence electrons. The zero-order valence-corrected chi connectivity index (χ0v) is 11.5. The van der Waals surface area contributed by atoms with Gasteiger partial charge in [0.15, 0.2) is 5.69 Å². The predicted octanol–water partition coefficient (Wildman–Crippen LogP) is 1.70. The molecule has 1 aliphatic rings. The number of nitrogens with zero attached hydrogens (tertiary/aromatic N) is 3. The fraction of sp³-hybridized carbons (Fsp3) is 0.571. The molecule has 0 unspecified atom stereocenters. The number of hydrogen-bond acceptors (Lipinski definition) is 4. The number of hydrogen-bond donors (Lipinski definition) is 1. The van der Waals surface area contributed by atoms with Crippen molar-refractivity contribution in [1.82, 2.24) is 9.88 Å². The van der Waals surface area contributed by atoms with Crippen LogP contribution in [0.4, 0.5) is 5.69 Å². The highest BCUT2D eigenvalue weighted by Crippen LogP contribution is 2.24. The van der Waals surface area contributed by atoms with Crippen LogP contribution in [-0.4, -0.2) is 53.7 Å². The molecule has 0 aliphatic carbocycles. The van der Waals surface area contributed by atoms with Gasteiger partial charge in [-0.3, -0.25) is 0 Å². The number of piperidine rings is 1. The summed E-state index contributed by atoms with van der Waals surface area (Å²) in [5, 5.41) is 9.20. The standard InChI is InChI=1S/C14H21N3O2/c1-3-17-9-6-11(7-10-17)16(2)12-5-4-8-15-13(12)14(18)19/h4-5,8,11H,3,6-7,9-10H2,1-2H3,(H,18,19). The highest BCUT2D eigenvalue weighted by atomic mass is 16.4. The van der Waals surface area contributed by atoms with E-state index in [-0.39, 0.29) is 5.69 Å². The summed E-state index contributed by atoms with van der Waals surface area (Å²) in [6.07, 6.45) is 3.66. The molecule has 1 fully saturated rings. The Kier molecular flexibility index (Phi) is 4.37. The van der Waals surface area contributed by atoms with Crippen LogP contribution < -0.4 is 4.90 Å². The summed E-state index contributed by atoms with van der Waals surface area (Å²) in [6.45, 7) is 5.42. The smallest absolute Gasteiger partial charge is 0.356 e. The lowest BCUT2D eigenvalue weighted by Gasteiger charge is -2.37. The normalized spacial score (nSPS) is 17.4. The minimum atomic E-state index is -0.964. The van der Waals surface area contributed by atoms with Gasteiger partial charge in [0.25, 0.3) is 0 Å². The molecular formula is C14H21N3O2. The van der Waals surface area contributed by atoms with E-state index in [1.807, 2.05) is 13.1 Å². The maximum Gasteiger partial charge on any atom is 0.356 e. The van der Waals surface area contributed by atoms with Crippen LogP contribution in [0, 0.1) is 0 Å². The molecule has 1 aromatic rings. The molecular weight excluding hydrogens is 242 g/mol. The number of anilines is 1. The lowest BCUT2D eigenvalue weighted by atomic mass is 10.0. The van der Waals surface area contributed by atoms with Crippen molar-refractivity contribution in [2.75, 3.05) is 31.6 Å². The van der Waals surface area contributed by atoms with E-state index in [2.05, 4.69) is 21.7 Å². The fourth-order valence-electron chi connectivity index (χ4n) is 2.67. The summed E-state index contributed by atoms with van der Waals surface area (Å²) in [7, 11) is 1.97. The molecule has 2 heterocycles. The van der Waals surface area contributed by atoms with Crippen molar-refractivity contribution in [3.8, 4) is 0 Å². The maximum atomic E-state index is 11.2. The molecule has 0 bridgehead atoms. The van der Waals surface area contributed by atoms with Crippen LogP contribution in [0.15, 0.2) is 18.3 Å². The second-order valence-corrected chi connectivity index (χ2v) is 4.95. The van der Waals surface area contributed by atoms with Crippen molar-refractivity contribution < 1.29 is 9.90 Å². The summed E-state index contributed by atoms with van der Waals surface area (Å²) >= 11 is 0. The Morgan fingerprint density at radius 2 is 2.21 bits per heavy atom. The number of carboxylic acid groups (broad SMARTS) is 1. The molecule has 1 aliphatic heterocycles. The number of aromatic nitrogens is 1. The molecule has 1 N–H and O–H groups in total. The minimum absolute atomic E-state index is 0.142. The minimum Gasteiger partial charge on any atom is -0.476 e. The van der Waals surface area contributed by atoms with Crippen LogP contribution in [0.2, 0.25) is 0 Å². The van der Waals surface area contributed by atoms with Gasteiger partial charge in [0.1, 0.15) is 0 Å². The number of pyridine rings is 1. The monoisotopic (exact) mass is 263 g/mol. The van der Waals surface area contributed by atoms with E-state index in [1.165, 1.54) is 6.20 Å². The van der Waals surface area contributed by atoms with Gasteiger partial charge >= 0.3 is 5.97 Å². The average molecular weight is 263 g/mol. The SMILES string of the molecule is CCN1CCC(N(C)c2cccnc2C(=O)O)CC1. The van der Waals surface area contributed by atoms with E-state index in [9.17, 15) is 9.90 Å². The Balaban J connectivity index is 2.12. The zero-order valence-electron chi connectivity index (χ0n) is 11.5. The van der Waals surface area contributed by atoms with Gasteiger partial charge in [-0.15, -0.1) is 0 Å². The first-order valence-corrected chi connectivity index (χ1v) is 6.77. The van der Waals surface area contributed by atoms with Crippen molar-refractivity contribution >= 4 is 11.7 Å². The van der Waals surface area contributed by atoms with Crippen LogP contribution in [0.1, 0.15) is 30.3 Å². The summed E-state index contributed by atoms with van der Waals surface area (Å²) in [4.78, 5) is 19.7. The average Bonchev–Trinajstić information content (AvgIpc) is 2.46. The van der Waals surface area contributed by atoms with Crippen LogP contribution in [0.5, 0.6) is 0 Å². The van der Waals surface area contributed by atoms with E-state index in [1.54, 1.807) is 6.07 Å². The Morgan fingerprint density at radius 1 is 1.53 bits per heavy atom.